The molecule has 0 saturated heterocycles. The van der Waals surface area contributed by atoms with Crippen LogP contribution < -0.4 is 5.73 Å². The van der Waals surface area contributed by atoms with Gasteiger partial charge in [0.15, 0.2) is 0 Å². The monoisotopic (exact) mass is 388 g/mol. The van der Waals surface area contributed by atoms with Crippen molar-refractivity contribution in [1.82, 2.24) is 4.90 Å². The second kappa shape index (κ2) is 6.19. The van der Waals surface area contributed by atoms with Gasteiger partial charge >= 0.3 is 0 Å². The number of nitrogens with zero attached hydrogens (tertiary/aromatic N) is 1. The highest BCUT2D eigenvalue weighted by Gasteiger charge is 2.06. The smallest absolute Gasteiger partial charge is 0.0328 e. The molecule has 0 atom stereocenters. The molecule has 1 aromatic carbocycles. The van der Waals surface area contributed by atoms with Gasteiger partial charge in [-0.1, -0.05) is 22.0 Å². The van der Waals surface area contributed by atoms with Gasteiger partial charge in [-0.2, -0.15) is 0 Å². The van der Waals surface area contributed by atoms with Gasteiger partial charge in [-0.15, -0.1) is 11.3 Å². The first-order valence-corrected chi connectivity index (χ1v) is 7.96. The Labute approximate surface area is 128 Å². The van der Waals surface area contributed by atoms with E-state index in [9.17, 15) is 0 Å². The Kier molecular flexibility index (Phi) is 4.84. The van der Waals surface area contributed by atoms with Crippen LogP contribution in [0.15, 0.2) is 38.6 Å². The van der Waals surface area contributed by atoms with Crippen LogP contribution in [0.1, 0.15) is 10.4 Å². The summed E-state index contributed by atoms with van der Waals surface area (Å²) in [5.41, 5.74) is 7.78. The van der Waals surface area contributed by atoms with Crippen molar-refractivity contribution in [1.29, 1.82) is 0 Å². The van der Waals surface area contributed by atoms with Gasteiger partial charge in [-0.3, -0.25) is 4.90 Å². The highest BCUT2D eigenvalue weighted by molar-refractivity contribution is 9.10. The Bertz CT molecular complexity index is 540. The Morgan fingerprint density at radius 1 is 1.22 bits per heavy atom. The number of rotatable bonds is 4. The lowest BCUT2D eigenvalue weighted by atomic mass is 10.2. The predicted molar refractivity (Wildman–Crippen MR) is 85.7 cm³/mol. The molecule has 2 aromatic rings. The van der Waals surface area contributed by atoms with Crippen molar-refractivity contribution in [2.24, 2.45) is 0 Å². The molecule has 0 aliphatic heterocycles. The minimum Gasteiger partial charge on any atom is -0.399 e. The summed E-state index contributed by atoms with van der Waals surface area (Å²) in [6, 6.07) is 8.13. The van der Waals surface area contributed by atoms with E-state index in [0.717, 1.165) is 27.7 Å². The van der Waals surface area contributed by atoms with Crippen LogP contribution in [0, 0.1) is 0 Å². The second-order valence-corrected chi connectivity index (χ2v) is 7.02. The van der Waals surface area contributed by atoms with E-state index in [1.54, 1.807) is 11.3 Å². The first-order valence-electron chi connectivity index (χ1n) is 5.50. The lowest BCUT2D eigenvalue weighted by molar-refractivity contribution is 0.321. The van der Waals surface area contributed by atoms with Crippen molar-refractivity contribution in [3.8, 4) is 0 Å². The maximum absolute atomic E-state index is 5.74. The molecule has 0 unspecified atom stereocenters. The maximum atomic E-state index is 5.74. The van der Waals surface area contributed by atoms with Crippen LogP contribution in [0.25, 0.3) is 0 Å². The summed E-state index contributed by atoms with van der Waals surface area (Å²) in [4.78, 5) is 3.64. The SMILES string of the molecule is CN(Cc1cc(Br)cs1)Cc1ccc(N)cc1Br. The lowest BCUT2D eigenvalue weighted by Gasteiger charge is -2.16. The van der Waals surface area contributed by atoms with E-state index in [0.29, 0.717) is 0 Å². The third-order valence-corrected chi connectivity index (χ3v) is 4.99. The van der Waals surface area contributed by atoms with Gasteiger partial charge in [0.1, 0.15) is 0 Å². The molecule has 96 valence electrons. The van der Waals surface area contributed by atoms with Crippen LogP contribution in [0.4, 0.5) is 5.69 Å². The summed E-state index contributed by atoms with van der Waals surface area (Å²) in [5, 5.41) is 2.11. The molecular weight excluding hydrogens is 376 g/mol. The summed E-state index contributed by atoms with van der Waals surface area (Å²) in [6.07, 6.45) is 0. The highest BCUT2D eigenvalue weighted by Crippen LogP contribution is 2.24. The molecule has 5 heteroatoms. The Balaban J connectivity index is 2.00. The third kappa shape index (κ3) is 3.82. The van der Waals surface area contributed by atoms with Gasteiger partial charge in [0, 0.05) is 38.0 Å². The molecule has 1 aromatic heterocycles. The quantitative estimate of drug-likeness (QED) is 0.780. The number of nitrogen functional groups attached to an aromatic ring is 1. The van der Waals surface area contributed by atoms with Crippen LogP contribution in [-0.2, 0) is 13.1 Å². The van der Waals surface area contributed by atoms with Gasteiger partial charge in [0.25, 0.3) is 0 Å². The number of hydrogen-bond acceptors (Lipinski definition) is 3. The van der Waals surface area contributed by atoms with Crippen molar-refractivity contribution in [3.05, 3.63) is 49.0 Å². The fourth-order valence-electron chi connectivity index (χ4n) is 1.74. The molecule has 0 aliphatic carbocycles. The summed E-state index contributed by atoms with van der Waals surface area (Å²) in [5.74, 6) is 0. The van der Waals surface area contributed by atoms with Crippen LogP contribution in [-0.4, -0.2) is 11.9 Å². The van der Waals surface area contributed by atoms with Crippen LogP contribution in [0.3, 0.4) is 0 Å². The Morgan fingerprint density at radius 2 is 2.00 bits per heavy atom. The molecule has 0 amide bonds. The lowest BCUT2D eigenvalue weighted by Crippen LogP contribution is -2.16. The molecule has 0 spiro atoms. The van der Waals surface area contributed by atoms with Crippen molar-refractivity contribution < 1.29 is 0 Å². The molecule has 2 N–H and O–H groups in total. The second-order valence-electron chi connectivity index (χ2n) is 4.25. The molecule has 0 bridgehead atoms. The predicted octanol–water partition coefficient (Wildman–Crippen LogP) is 4.49. The van der Waals surface area contributed by atoms with Crippen LogP contribution >= 0.6 is 43.2 Å². The molecule has 0 radical (unpaired) electrons. The van der Waals surface area contributed by atoms with Crippen molar-refractivity contribution in [3.63, 3.8) is 0 Å². The van der Waals surface area contributed by atoms with Crippen LogP contribution in [0.5, 0.6) is 0 Å². The standard InChI is InChI=1S/C13H14Br2N2S/c1-17(7-12-4-10(14)8-18-12)6-9-2-3-11(16)5-13(9)15/h2-5,8H,6-7,16H2,1H3. The summed E-state index contributed by atoms with van der Waals surface area (Å²) in [6.45, 7) is 1.85. The molecule has 2 rings (SSSR count). The van der Waals surface area contributed by atoms with E-state index >= 15 is 0 Å². The van der Waals surface area contributed by atoms with Crippen molar-refractivity contribution >= 4 is 48.9 Å². The van der Waals surface area contributed by atoms with E-state index in [1.807, 2.05) is 12.1 Å². The Hall–Kier alpha value is -0.360. The average molecular weight is 390 g/mol. The topological polar surface area (TPSA) is 29.3 Å². The van der Waals surface area contributed by atoms with Gasteiger partial charge < -0.3 is 5.73 Å². The first-order chi connectivity index (χ1) is 8.54. The molecule has 1 heterocycles. The van der Waals surface area contributed by atoms with E-state index in [2.05, 4.69) is 61.3 Å². The molecular formula is C13H14Br2N2S. The zero-order valence-corrected chi connectivity index (χ0v) is 14.0. The fourth-order valence-corrected chi connectivity index (χ4v) is 3.79. The molecule has 0 fully saturated rings. The largest absolute Gasteiger partial charge is 0.399 e. The first kappa shape index (κ1) is 14.1. The third-order valence-electron chi connectivity index (χ3n) is 2.56. The van der Waals surface area contributed by atoms with Gasteiger partial charge in [-0.25, -0.2) is 0 Å². The summed E-state index contributed by atoms with van der Waals surface area (Å²) in [7, 11) is 2.12. The van der Waals surface area contributed by atoms with E-state index < -0.39 is 0 Å². The average Bonchev–Trinajstić information content (AvgIpc) is 2.68. The highest BCUT2D eigenvalue weighted by atomic mass is 79.9. The zero-order chi connectivity index (χ0) is 13.1. The van der Waals surface area contributed by atoms with Crippen molar-refractivity contribution in [2.75, 3.05) is 12.8 Å². The number of nitrogens with two attached hydrogens (primary N) is 1. The van der Waals surface area contributed by atoms with Gasteiger partial charge in [0.2, 0.25) is 0 Å². The van der Waals surface area contributed by atoms with E-state index in [4.69, 9.17) is 5.73 Å². The molecule has 18 heavy (non-hydrogen) atoms. The summed E-state index contributed by atoms with van der Waals surface area (Å²) < 4.78 is 2.23. The number of benzene rings is 1. The maximum Gasteiger partial charge on any atom is 0.0328 e. The molecule has 0 aliphatic rings. The van der Waals surface area contributed by atoms with Crippen molar-refractivity contribution in [2.45, 2.75) is 13.1 Å². The Morgan fingerprint density at radius 3 is 2.61 bits per heavy atom. The minimum absolute atomic E-state index is 0.787. The molecule has 2 nitrogen and oxygen atoms in total. The number of halogens is 2. The summed E-state index contributed by atoms with van der Waals surface area (Å²) >= 11 is 8.81. The number of hydrogen-bond donors (Lipinski definition) is 1. The van der Waals surface area contributed by atoms with Gasteiger partial charge in [-0.05, 0) is 46.7 Å². The van der Waals surface area contributed by atoms with E-state index in [1.165, 1.54) is 10.4 Å². The number of anilines is 1. The van der Waals surface area contributed by atoms with Gasteiger partial charge in [0.05, 0.1) is 0 Å². The minimum atomic E-state index is 0.787. The number of thiophene rings is 1. The fraction of sp³-hybridized carbons (Fsp3) is 0.231. The van der Waals surface area contributed by atoms with E-state index in [-0.39, 0.29) is 0 Å². The normalized spacial score (nSPS) is 11.1. The molecule has 0 saturated carbocycles. The zero-order valence-electron chi connectivity index (χ0n) is 9.99. The van der Waals surface area contributed by atoms with Crippen LogP contribution in [0.2, 0.25) is 0 Å².